The van der Waals surface area contributed by atoms with E-state index in [-0.39, 0.29) is 17.8 Å². The Morgan fingerprint density at radius 2 is 2.11 bits per heavy atom. The molecule has 1 amide bonds. The molecule has 1 N–H and O–H groups in total. The van der Waals surface area contributed by atoms with Crippen LogP contribution in [0.25, 0.3) is 10.1 Å². The maximum absolute atomic E-state index is 13.5. The summed E-state index contributed by atoms with van der Waals surface area (Å²) in [5.41, 5.74) is 0. The number of furan rings is 1. The molecular formula is C20H20ClFN2O3S. The van der Waals surface area contributed by atoms with Crippen molar-refractivity contribution in [3.05, 3.63) is 57.6 Å². The lowest BCUT2D eigenvalue weighted by Gasteiger charge is -2.33. The van der Waals surface area contributed by atoms with Crippen molar-refractivity contribution in [2.45, 2.75) is 13.0 Å². The maximum Gasteiger partial charge on any atom is 0.263 e. The highest BCUT2D eigenvalue weighted by Crippen LogP contribution is 2.35. The predicted octanol–water partition coefficient (Wildman–Crippen LogP) is 4.40. The van der Waals surface area contributed by atoms with Crippen LogP contribution < -0.4 is 5.32 Å². The number of thiophene rings is 1. The van der Waals surface area contributed by atoms with E-state index in [4.69, 9.17) is 20.8 Å². The topological polar surface area (TPSA) is 54.7 Å². The van der Waals surface area contributed by atoms with Crippen LogP contribution in [0.3, 0.4) is 0 Å². The van der Waals surface area contributed by atoms with Gasteiger partial charge in [0.2, 0.25) is 0 Å². The van der Waals surface area contributed by atoms with Gasteiger partial charge in [-0.1, -0.05) is 11.6 Å². The summed E-state index contributed by atoms with van der Waals surface area (Å²) in [6, 6.07) is 8.11. The summed E-state index contributed by atoms with van der Waals surface area (Å²) in [7, 11) is 0. The van der Waals surface area contributed by atoms with E-state index in [2.05, 4.69) is 10.2 Å². The van der Waals surface area contributed by atoms with Gasteiger partial charge in [-0.15, -0.1) is 11.3 Å². The smallest absolute Gasteiger partial charge is 0.263 e. The van der Waals surface area contributed by atoms with E-state index in [1.165, 1.54) is 23.5 Å². The average Bonchev–Trinajstić information content (AvgIpc) is 3.26. The Morgan fingerprint density at radius 3 is 2.82 bits per heavy atom. The summed E-state index contributed by atoms with van der Waals surface area (Å²) in [6.45, 7) is 5.11. The van der Waals surface area contributed by atoms with Gasteiger partial charge in [-0.25, -0.2) is 4.39 Å². The molecule has 0 aliphatic carbocycles. The monoisotopic (exact) mass is 422 g/mol. The van der Waals surface area contributed by atoms with Crippen molar-refractivity contribution >= 4 is 38.9 Å². The number of rotatable bonds is 5. The molecule has 1 aliphatic rings. The third-order valence-electron chi connectivity index (χ3n) is 4.83. The maximum atomic E-state index is 13.5. The van der Waals surface area contributed by atoms with Crippen molar-refractivity contribution in [1.29, 1.82) is 0 Å². The molecular weight excluding hydrogens is 403 g/mol. The van der Waals surface area contributed by atoms with Crippen LogP contribution in [0.1, 0.15) is 27.2 Å². The Hall–Kier alpha value is -1.93. The van der Waals surface area contributed by atoms with Gasteiger partial charge >= 0.3 is 0 Å². The highest BCUT2D eigenvalue weighted by Gasteiger charge is 2.26. The summed E-state index contributed by atoms with van der Waals surface area (Å²) in [4.78, 5) is 15.4. The van der Waals surface area contributed by atoms with Crippen molar-refractivity contribution < 1.29 is 18.3 Å². The van der Waals surface area contributed by atoms with Gasteiger partial charge in [0, 0.05) is 29.7 Å². The first kappa shape index (κ1) is 19.4. The van der Waals surface area contributed by atoms with E-state index in [1.807, 2.05) is 19.1 Å². The molecule has 2 aromatic heterocycles. The number of nitrogens with one attached hydrogen (secondary N) is 1. The van der Waals surface area contributed by atoms with Crippen LogP contribution in [-0.2, 0) is 4.74 Å². The molecule has 3 aromatic rings. The third kappa shape index (κ3) is 3.93. The summed E-state index contributed by atoms with van der Waals surface area (Å²) in [5, 5.41) is 4.01. The summed E-state index contributed by atoms with van der Waals surface area (Å²) in [6.07, 6.45) is 0. The lowest BCUT2D eigenvalue weighted by molar-refractivity contribution is 0.0117. The van der Waals surface area contributed by atoms with Crippen LogP contribution in [-0.4, -0.2) is 43.7 Å². The molecule has 4 rings (SSSR count). The van der Waals surface area contributed by atoms with Crippen molar-refractivity contribution in [1.82, 2.24) is 10.2 Å². The van der Waals surface area contributed by atoms with Gasteiger partial charge < -0.3 is 14.5 Å². The zero-order chi connectivity index (χ0) is 19.7. The second-order valence-electron chi connectivity index (χ2n) is 6.71. The first-order valence-corrected chi connectivity index (χ1v) is 10.3. The number of ether oxygens (including phenoxy) is 1. The molecule has 0 saturated carbocycles. The Labute approximate surface area is 171 Å². The zero-order valence-corrected chi connectivity index (χ0v) is 16.9. The van der Waals surface area contributed by atoms with E-state index in [0.717, 1.165) is 24.6 Å². The molecule has 3 heterocycles. The van der Waals surface area contributed by atoms with Gasteiger partial charge in [-0.3, -0.25) is 9.69 Å². The molecule has 0 bridgehead atoms. The highest BCUT2D eigenvalue weighted by atomic mass is 35.5. The van der Waals surface area contributed by atoms with Crippen LogP contribution in [0.5, 0.6) is 0 Å². The van der Waals surface area contributed by atoms with Crippen LogP contribution >= 0.6 is 22.9 Å². The molecule has 148 valence electrons. The van der Waals surface area contributed by atoms with Crippen LogP contribution in [0, 0.1) is 12.7 Å². The molecule has 1 fully saturated rings. The summed E-state index contributed by atoms with van der Waals surface area (Å²) < 4.78 is 25.4. The molecule has 1 saturated heterocycles. The minimum absolute atomic E-state index is 0.0906. The van der Waals surface area contributed by atoms with E-state index < -0.39 is 0 Å². The molecule has 1 aliphatic heterocycles. The van der Waals surface area contributed by atoms with Gasteiger partial charge in [0.05, 0.1) is 24.3 Å². The number of benzene rings is 1. The zero-order valence-electron chi connectivity index (χ0n) is 15.3. The van der Waals surface area contributed by atoms with Crippen LogP contribution in [0.4, 0.5) is 4.39 Å². The molecule has 5 nitrogen and oxygen atoms in total. The van der Waals surface area contributed by atoms with Gasteiger partial charge in [-0.05, 0) is 37.3 Å². The number of carbonyl (C=O) groups is 1. The number of morpholine rings is 1. The minimum atomic E-state index is -0.349. The summed E-state index contributed by atoms with van der Waals surface area (Å²) in [5.74, 6) is 1.02. The van der Waals surface area contributed by atoms with E-state index >= 15 is 0 Å². The number of hydrogen-bond acceptors (Lipinski definition) is 5. The van der Waals surface area contributed by atoms with Gasteiger partial charge in [-0.2, -0.15) is 0 Å². The van der Waals surface area contributed by atoms with Gasteiger partial charge in [0.25, 0.3) is 5.91 Å². The number of fused-ring (bicyclic) bond motifs is 1. The fourth-order valence-electron chi connectivity index (χ4n) is 3.39. The fraction of sp³-hybridized carbons (Fsp3) is 0.350. The van der Waals surface area contributed by atoms with E-state index in [9.17, 15) is 9.18 Å². The van der Waals surface area contributed by atoms with Crippen molar-refractivity contribution in [3.8, 4) is 0 Å². The van der Waals surface area contributed by atoms with Crippen molar-refractivity contribution in [2.75, 3.05) is 32.8 Å². The van der Waals surface area contributed by atoms with Crippen molar-refractivity contribution in [3.63, 3.8) is 0 Å². The Kier molecular flexibility index (Phi) is 5.68. The van der Waals surface area contributed by atoms with Crippen molar-refractivity contribution in [2.24, 2.45) is 0 Å². The quantitative estimate of drug-likeness (QED) is 0.662. The molecule has 8 heteroatoms. The molecule has 1 unspecified atom stereocenters. The fourth-order valence-corrected chi connectivity index (χ4v) is 4.84. The number of amides is 1. The molecule has 0 radical (unpaired) electrons. The van der Waals surface area contributed by atoms with Gasteiger partial charge in [0.15, 0.2) is 0 Å². The third-order valence-corrected chi connectivity index (χ3v) is 6.49. The van der Waals surface area contributed by atoms with Gasteiger partial charge in [0.1, 0.15) is 22.2 Å². The number of hydrogen-bond donors (Lipinski definition) is 1. The van der Waals surface area contributed by atoms with Crippen LogP contribution in [0.2, 0.25) is 5.02 Å². The largest absolute Gasteiger partial charge is 0.465 e. The standard InChI is InChI=1S/C20H20ClFN2O3S/c1-12-2-5-16(27-12)15(24-6-8-26-9-7-24)11-23-20(25)19-18(21)14-4-3-13(22)10-17(14)28-19/h2-5,10,15H,6-9,11H2,1H3,(H,23,25). The first-order valence-electron chi connectivity index (χ1n) is 9.07. The second kappa shape index (κ2) is 8.21. The van der Waals surface area contributed by atoms with E-state index in [0.29, 0.717) is 39.7 Å². The number of aryl methyl sites for hydroxylation is 1. The minimum Gasteiger partial charge on any atom is -0.465 e. The number of halogens is 2. The Balaban J connectivity index is 1.53. The predicted molar refractivity (Wildman–Crippen MR) is 108 cm³/mol. The Bertz CT molecular complexity index is 997. The number of nitrogens with zero attached hydrogens (tertiary/aromatic N) is 1. The Morgan fingerprint density at radius 1 is 1.32 bits per heavy atom. The highest BCUT2D eigenvalue weighted by molar-refractivity contribution is 7.21. The molecule has 0 spiro atoms. The van der Waals surface area contributed by atoms with Crippen LogP contribution in [0.15, 0.2) is 34.7 Å². The second-order valence-corrected chi connectivity index (χ2v) is 8.14. The average molecular weight is 423 g/mol. The lowest BCUT2D eigenvalue weighted by Crippen LogP contribution is -2.43. The molecule has 28 heavy (non-hydrogen) atoms. The molecule has 1 aromatic carbocycles. The SMILES string of the molecule is Cc1ccc(C(CNC(=O)c2sc3cc(F)ccc3c2Cl)N2CCOCC2)o1. The van der Waals surface area contributed by atoms with E-state index in [1.54, 1.807) is 6.07 Å². The number of carbonyl (C=O) groups excluding carboxylic acids is 1. The summed E-state index contributed by atoms with van der Waals surface area (Å²) >= 11 is 7.56. The molecule has 1 atom stereocenters. The normalized spacial score (nSPS) is 16.4. The first-order chi connectivity index (χ1) is 13.5. The lowest BCUT2D eigenvalue weighted by atomic mass is 10.1.